The number of fused-ring (bicyclic) bond motifs is 3. The molecule has 7 fully saturated rings. The highest BCUT2D eigenvalue weighted by Crippen LogP contribution is 2.99. The predicted octanol–water partition coefficient (Wildman–Crippen LogP) is 2.13. The Kier molecular flexibility index (Phi) is 1.52. The fourth-order valence-corrected chi connectivity index (χ4v) is 13.8. The molecule has 3 aliphatic heterocycles. The van der Waals surface area contributed by atoms with E-state index in [-0.39, 0.29) is 27.1 Å². The van der Waals surface area contributed by atoms with Crippen molar-refractivity contribution in [2.24, 2.45) is 46.3 Å². The van der Waals surface area contributed by atoms with Gasteiger partial charge in [0.2, 0.25) is 0 Å². The number of hydrogen-bond acceptors (Lipinski definition) is 5. The van der Waals surface area contributed by atoms with E-state index in [4.69, 9.17) is 9.78 Å². The van der Waals surface area contributed by atoms with Crippen molar-refractivity contribution in [3.63, 3.8) is 0 Å². The average molecular weight is 332 g/mol. The molecule has 0 aromatic carbocycles. The predicted molar refractivity (Wildman–Crippen MR) is 82.0 cm³/mol. The summed E-state index contributed by atoms with van der Waals surface area (Å²) in [5.74, 6) is 6.91. The summed E-state index contributed by atoms with van der Waals surface area (Å²) in [5.41, 5.74) is -0.154. The number of carbonyl (C=O) groups is 1. The Hall–Kier alpha value is 0.0300. The van der Waals surface area contributed by atoms with Crippen LogP contribution in [0.1, 0.15) is 6.42 Å². The number of thioether (sulfide) groups is 2. The molecule has 114 valence electrons. The molecule has 3 heterocycles. The molecule has 10 atom stereocenters. The molecule has 0 aromatic heterocycles. The molecule has 3 spiro atoms. The van der Waals surface area contributed by atoms with Gasteiger partial charge in [-0.1, -0.05) is 12.2 Å². The average Bonchev–Trinajstić information content (AvgIpc) is 3.22. The molecule has 0 amide bonds. The lowest BCUT2D eigenvalue weighted by atomic mass is 9.34. The SMILES string of the molecule is O=C1[C@H]2[C@@H]3C[C@@H]4[C@H]2C2(SCCS2)[C@@]25[C@@H]4[C@@H]3[C@@]12[C@H]1C=C[C@@H]5OO1. The van der Waals surface area contributed by atoms with Crippen molar-refractivity contribution >= 4 is 29.3 Å². The molecule has 3 nitrogen and oxygen atoms in total. The summed E-state index contributed by atoms with van der Waals surface area (Å²) in [6.07, 6.45) is 5.65. The van der Waals surface area contributed by atoms with E-state index in [0.29, 0.717) is 29.5 Å². The Morgan fingerprint density at radius 1 is 1.00 bits per heavy atom. The van der Waals surface area contributed by atoms with Crippen LogP contribution < -0.4 is 0 Å². The van der Waals surface area contributed by atoms with Crippen molar-refractivity contribution < 1.29 is 14.6 Å². The van der Waals surface area contributed by atoms with Crippen LogP contribution >= 0.6 is 23.5 Å². The van der Waals surface area contributed by atoms with E-state index in [2.05, 4.69) is 35.7 Å². The van der Waals surface area contributed by atoms with Gasteiger partial charge < -0.3 is 0 Å². The quantitative estimate of drug-likeness (QED) is 0.502. The van der Waals surface area contributed by atoms with E-state index >= 15 is 0 Å². The maximum Gasteiger partial charge on any atom is 0.146 e. The van der Waals surface area contributed by atoms with Gasteiger partial charge in [-0.2, -0.15) is 0 Å². The third kappa shape index (κ3) is 0.658. The van der Waals surface area contributed by atoms with E-state index in [0.717, 1.165) is 11.8 Å². The van der Waals surface area contributed by atoms with Crippen LogP contribution in [0, 0.1) is 46.3 Å². The smallest absolute Gasteiger partial charge is 0.146 e. The van der Waals surface area contributed by atoms with Crippen molar-refractivity contribution in [1.82, 2.24) is 0 Å². The molecule has 6 aliphatic carbocycles. The first-order chi connectivity index (χ1) is 10.8. The minimum Gasteiger partial charge on any atom is -0.299 e. The van der Waals surface area contributed by atoms with Gasteiger partial charge in [0.15, 0.2) is 0 Å². The molecule has 5 heteroatoms. The zero-order chi connectivity index (χ0) is 14.1. The summed E-state index contributed by atoms with van der Waals surface area (Å²) in [6, 6.07) is 0. The molecule has 9 aliphatic rings. The first kappa shape index (κ1) is 11.6. The fourth-order valence-electron chi connectivity index (χ4n) is 9.32. The van der Waals surface area contributed by atoms with Gasteiger partial charge in [0, 0.05) is 22.8 Å². The van der Waals surface area contributed by atoms with Gasteiger partial charge in [0.25, 0.3) is 0 Å². The second-order valence-electron chi connectivity index (χ2n) is 8.55. The summed E-state index contributed by atoms with van der Waals surface area (Å²) < 4.78 is 0.250. The number of hydrogen-bond donors (Lipinski definition) is 0. The highest BCUT2D eigenvalue weighted by Gasteiger charge is 3.03. The molecule has 0 N–H and O–H groups in total. The number of rotatable bonds is 0. The second kappa shape index (κ2) is 2.89. The largest absolute Gasteiger partial charge is 0.299 e. The van der Waals surface area contributed by atoms with Crippen LogP contribution in [0.3, 0.4) is 0 Å². The van der Waals surface area contributed by atoms with Gasteiger partial charge >= 0.3 is 0 Å². The summed E-state index contributed by atoms with van der Waals surface area (Å²) >= 11 is 4.39. The van der Waals surface area contributed by atoms with E-state index in [1.165, 1.54) is 17.9 Å². The highest BCUT2D eigenvalue weighted by molar-refractivity contribution is 8.21. The topological polar surface area (TPSA) is 35.5 Å². The summed E-state index contributed by atoms with van der Waals surface area (Å²) in [5, 5.41) is 0. The molecule has 9 rings (SSSR count). The number of carbonyl (C=O) groups excluding carboxylic acids is 1. The van der Waals surface area contributed by atoms with Crippen molar-refractivity contribution in [3.05, 3.63) is 12.2 Å². The minimum absolute atomic E-state index is 0.0195. The Labute approximate surface area is 136 Å². The molecule has 0 radical (unpaired) electrons. The monoisotopic (exact) mass is 332 g/mol. The maximum absolute atomic E-state index is 13.6. The van der Waals surface area contributed by atoms with Crippen molar-refractivity contribution in [3.8, 4) is 0 Å². The Morgan fingerprint density at radius 3 is 2.55 bits per heavy atom. The lowest BCUT2D eigenvalue weighted by Gasteiger charge is -2.74. The summed E-state index contributed by atoms with van der Waals surface area (Å²) in [4.78, 5) is 25.2. The molecule has 0 aromatic rings. The fraction of sp³-hybridized carbons (Fsp3) is 0.824. The first-order valence-corrected chi connectivity index (χ1v) is 10.6. The number of Topliss-reactive ketones (excluding diaryl/α,β-unsaturated/α-hetero) is 1. The molecular weight excluding hydrogens is 316 g/mol. The van der Waals surface area contributed by atoms with Crippen molar-refractivity contribution in [2.75, 3.05) is 11.5 Å². The Morgan fingerprint density at radius 2 is 1.77 bits per heavy atom. The normalized spacial score (nSPS) is 71.9. The van der Waals surface area contributed by atoms with Crippen LogP contribution in [0.15, 0.2) is 12.2 Å². The molecule has 4 bridgehead atoms. The lowest BCUT2D eigenvalue weighted by Crippen LogP contribution is -2.82. The van der Waals surface area contributed by atoms with Crippen LogP contribution in [0.25, 0.3) is 0 Å². The zero-order valence-corrected chi connectivity index (χ0v) is 13.6. The van der Waals surface area contributed by atoms with E-state index in [9.17, 15) is 4.79 Å². The van der Waals surface area contributed by atoms with Crippen LogP contribution in [-0.4, -0.2) is 33.6 Å². The highest BCUT2D eigenvalue weighted by atomic mass is 32.2. The summed E-state index contributed by atoms with van der Waals surface area (Å²) in [7, 11) is 0. The first-order valence-electron chi connectivity index (χ1n) is 8.63. The van der Waals surface area contributed by atoms with Gasteiger partial charge in [0.1, 0.15) is 18.0 Å². The second-order valence-corrected chi connectivity index (χ2v) is 11.5. The van der Waals surface area contributed by atoms with Gasteiger partial charge in [-0.25, -0.2) is 9.78 Å². The minimum atomic E-state index is -0.212. The van der Waals surface area contributed by atoms with Gasteiger partial charge in [-0.05, 0) is 36.0 Å². The summed E-state index contributed by atoms with van der Waals surface area (Å²) in [6.45, 7) is 0. The van der Waals surface area contributed by atoms with E-state index in [1.54, 1.807) is 0 Å². The Balaban J connectivity index is 1.56. The molecule has 22 heavy (non-hydrogen) atoms. The van der Waals surface area contributed by atoms with Gasteiger partial charge in [-0.15, -0.1) is 23.5 Å². The third-order valence-electron chi connectivity index (χ3n) is 8.96. The third-order valence-corrected chi connectivity index (χ3v) is 12.8. The lowest BCUT2D eigenvalue weighted by molar-refractivity contribution is -0.458. The van der Waals surface area contributed by atoms with Crippen LogP contribution in [-0.2, 0) is 14.6 Å². The Bertz CT molecular complexity index is 715. The standard InChI is InChI=1S/C17H16O3S2/c18-14-10-6-5-7-11(10)17(21-3-4-22-17)16-9-2-1-8(19-20-9)15(14,16)12(6)13(7)16/h1-2,6-13H,3-5H2/t6-,7+,8+,9-,10-,11+,12+,13-,15-,16-/m0/s1. The van der Waals surface area contributed by atoms with Crippen molar-refractivity contribution in [1.29, 1.82) is 0 Å². The molecular formula is C17H16O3S2. The molecule has 5 saturated carbocycles. The van der Waals surface area contributed by atoms with Crippen LogP contribution in [0.4, 0.5) is 0 Å². The molecule has 0 unspecified atom stereocenters. The van der Waals surface area contributed by atoms with Crippen molar-refractivity contribution in [2.45, 2.75) is 22.7 Å². The van der Waals surface area contributed by atoms with Crippen LogP contribution in [0.2, 0.25) is 0 Å². The van der Waals surface area contributed by atoms with Gasteiger partial charge in [0.05, 0.1) is 9.49 Å². The van der Waals surface area contributed by atoms with Gasteiger partial charge in [-0.3, -0.25) is 4.79 Å². The number of ketones is 1. The van der Waals surface area contributed by atoms with Crippen LogP contribution in [0.5, 0.6) is 0 Å². The molecule has 2 saturated heterocycles. The zero-order valence-electron chi connectivity index (χ0n) is 11.9. The van der Waals surface area contributed by atoms with E-state index in [1.807, 2.05) is 0 Å². The maximum atomic E-state index is 13.6. The van der Waals surface area contributed by atoms with E-state index < -0.39 is 0 Å².